The molecule has 2 aromatic rings. The smallest absolute Gasteiger partial charge is 0.123 e. The summed E-state index contributed by atoms with van der Waals surface area (Å²) in [4.78, 5) is 1.95. The van der Waals surface area contributed by atoms with Gasteiger partial charge in [0.2, 0.25) is 0 Å². The van der Waals surface area contributed by atoms with Gasteiger partial charge in [-0.15, -0.1) is 0 Å². The summed E-state index contributed by atoms with van der Waals surface area (Å²) in [6.45, 7) is 7.18. The van der Waals surface area contributed by atoms with Gasteiger partial charge in [-0.25, -0.2) is 4.39 Å². The molecule has 0 atom stereocenters. The zero-order chi connectivity index (χ0) is 15.5. The van der Waals surface area contributed by atoms with Crippen molar-refractivity contribution in [2.45, 2.75) is 42.6 Å². The molecule has 0 bridgehead atoms. The summed E-state index contributed by atoms with van der Waals surface area (Å²) in [7, 11) is 0. The van der Waals surface area contributed by atoms with E-state index in [1.807, 2.05) is 12.1 Å². The summed E-state index contributed by atoms with van der Waals surface area (Å²) in [6, 6.07) is 12.5. The highest BCUT2D eigenvalue weighted by molar-refractivity contribution is 7.99. The standard InChI is InChI=1S/C17H19ClFNS/c1-17(2,3)20-11-12-4-9-16(15(18)10-12)21-14-7-5-13(19)6-8-14/h4-10,20H,11H2,1-3H3. The largest absolute Gasteiger partial charge is 0.308 e. The fraction of sp³-hybridized carbons (Fsp3) is 0.294. The maximum Gasteiger partial charge on any atom is 0.123 e. The van der Waals surface area contributed by atoms with Gasteiger partial charge >= 0.3 is 0 Å². The van der Waals surface area contributed by atoms with E-state index >= 15 is 0 Å². The highest BCUT2D eigenvalue weighted by Crippen LogP contribution is 2.33. The highest BCUT2D eigenvalue weighted by Gasteiger charge is 2.10. The van der Waals surface area contributed by atoms with Crippen LogP contribution in [0.1, 0.15) is 26.3 Å². The summed E-state index contributed by atoms with van der Waals surface area (Å²) in [5.74, 6) is -0.228. The van der Waals surface area contributed by atoms with Gasteiger partial charge in [0.1, 0.15) is 5.82 Å². The lowest BCUT2D eigenvalue weighted by Gasteiger charge is -2.20. The summed E-state index contributed by atoms with van der Waals surface area (Å²) >= 11 is 7.87. The van der Waals surface area contributed by atoms with Gasteiger partial charge in [-0.3, -0.25) is 0 Å². The van der Waals surface area contributed by atoms with Crippen molar-refractivity contribution in [2.75, 3.05) is 0 Å². The van der Waals surface area contributed by atoms with Crippen molar-refractivity contribution in [3.8, 4) is 0 Å². The Balaban J connectivity index is 2.07. The summed E-state index contributed by atoms with van der Waals surface area (Å²) in [5.41, 5.74) is 1.23. The molecule has 0 fully saturated rings. The number of halogens is 2. The molecule has 0 aliphatic heterocycles. The lowest BCUT2D eigenvalue weighted by atomic mass is 10.1. The minimum absolute atomic E-state index is 0.0774. The Labute approximate surface area is 134 Å². The predicted molar refractivity (Wildman–Crippen MR) is 88.6 cm³/mol. The molecule has 0 aliphatic rings. The van der Waals surface area contributed by atoms with E-state index in [9.17, 15) is 4.39 Å². The van der Waals surface area contributed by atoms with Crippen LogP contribution >= 0.6 is 23.4 Å². The van der Waals surface area contributed by atoms with Crippen molar-refractivity contribution in [3.05, 3.63) is 58.9 Å². The maximum absolute atomic E-state index is 12.9. The van der Waals surface area contributed by atoms with Crippen molar-refractivity contribution in [3.63, 3.8) is 0 Å². The zero-order valence-corrected chi connectivity index (χ0v) is 14.0. The maximum atomic E-state index is 12.9. The fourth-order valence-corrected chi connectivity index (χ4v) is 2.87. The Kier molecular flexibility index (Phi) is 5.31. The molecule has 0 radical (unpaired) electrons. The van der Waals surface area contributed by atoms with E-state index in [0.29, 0.717) is 0 Å². The first-order valence-electron chi connectivity index (χ1n) is 6.80. The van der Waals surface area contributed by atoms with Crippen LogP contribution in [-0.2, 0) is 6.54 Å². The minimum Gasteiger partial charge on any atom is -0.308 e. The second-order valence-electron chi connectivity index (χ2n) is 5.92. The average Bonchev–Trinajstić information content (AvgIpc) is 2.41. The molecular formula is C17H19ClFNS. The van der Waals surface area contributed by atoms with Gasteiger partial charge in [0, 0.05) is 21.9 Å². The molecule has 0 saturated heterocycles. The molecule has 0 unspecified atom stereocenters. The summed E-state index contributed by atoms with van der Waals surface area (Å²) in [6.07, 6.45) is 0. The molecular weight excluding hydrogens is 305 g/mol. The summed E-state index contributed by atoms with van der Waals surface area (Å²) in [5, 5.41) is 4.15. The first kappa shape index (κ1) is 16.3. The van der Waals surface area contributed by atoms with Crippen LogP contribution in [0.15, 0.2) is 52.3 Å². The molecule has 21 heavy (non-hydrogen) atoms. The van der Waals surface area contributed by atoms with Gasteiger partial charge in [-0.1, -0.05) is 29.4 Å². The third-order valence-electron chi connectivity index (χ3n) is 2.86. The first-order valence-corrected chi connectivity index (χ1v) is 8.00. The van der Waals surface area contributed by atoms with Gasteiger partial charge in [-0.2, -0.15) is 0 Å². The third kappa shape index (κ3) is 5.34. The van der Waals surface area contributed by atoms with E-state index in [1.165, 1.54) is 23.9 Å². The molecule has 0 aliphatic carbocycles. The first-order chi connectivity index (χ1) is 9.83. The van der Waals surface area contributed by atoms with E-state index in [-0.39, 0.29) is 11.4 Å². The molecule has 2 aromatic carbocycles. The number of nitrogens with one attached hydrogen (secondary N) is 1. The molecule has 0 spiro atoms. The Hall–Kier alpha value is -1.03. The van der Waals surface area contributed by atoms with Crippen LogP contribution in [0.3, 0.4) is 0 Å². The number of benzene rings is 2. The second-order valence-corrected chi connectivity index (χ2v) is 7.45. The molecule has 0 heterocycles. The lowest BCUT2D eigenvalue weighted by molar-refractivity contribution is 0.424. The van der Waals surface area contributed by atoms with Crippen LogP contribution in [-0.4, -0.2) is 5.54 Å². The average molecular weight is 324 g/mol. The van der Waals surface area contributed by atoms with Gasteiger partial charge in [0.15, 0.2) is 0 Å². The zero-order valence-electron chi connectivity index (χ0n) is 12.4. The fourth-order valence-electron chi connectivity index (χ4n) is 1.73. The number of rotatable bonds is 4. The van der Waals surface area contributed by atoms with E-state index in [1.54, 1.807) is 12.1 Å². The van der Waals surface area contributed by atoms with Crippen LogP contribution in [0.2, 0.25) is 5.02 Å². The van der Waals surface area contributed by atoms with E-state index < -0.39 is 0 Å². The van der Waals surface area contributed by atoms with Crippen molar-refractivity contribution < 1.29 is 4.39 Å². The number of hydrogen-bond donors (Lipinski definition) is 1. The van der Waals surface area contributed by atoms with Gasteiger partial charge in [0.05, 0.1) is 5.02 Å². The quantitative estimate of drug-likeness (QED) is 0.795. The Morgan fingerprint density at radius 1 is 1.10 bits per heavy atom. The van der Waals surface area contributed by atoms with Crippen LogP contribution in [0.25, 0.3) is 0 Å². The van der Waals surface area contributed by atoms with E-state index in [0.717, 1.165) is 26.9 Å². The van der Waals surface area contributed by atoms with Crippen LogP contribution in [0.4, 0.5) is 4.39 Å². The van der Waals surface area contributed by atoms with Crippen molar-refractivity contribution in [2.24, 2.45) is 0 Å². The third-order valence-corrected chi connectivity index (χ3v) is 4.37. The molecule has 0 aromatic heterocycles. The van der Waals surface area contributed by atoms with E-state index in [2.05, 4.69) is 32.2 Å². The van der Waals surface area contributed by atoms with Crippen LogP contribution in [0.5, 0.6) is 0 Å². The molecule has 4 heteroatoms. The molecule has 112 valence electrons. The monoisotopic (exact) mass is 323 g/mol. The topological polar surface area (TPSA) is 12.0 Å². The summed E-state index contributed by atoms with van der Waals surface area (Å²) < 4.78 is 12.9. The molecule has 0 saturated carbocycles. The second kappa shape index (κ2) is 6.82. The van der Waals surface area contributed by atoms with Crippen molar-refractivity contribution in [1.29, 1.82) is 0 Å². The van der Waals surface area contributed by atoms with Gasteiger partial charge < -0.3 is 5.32 Å². The Morgan fingerprint density at radius 3 is 2.33 bits per heavy atom. The lowest BCUT2D eigenvalue weighted by Crippen LogP contribution is -2.35. The number of hydrogen-bond acceptors (Lipinski definition) is 2. The predicted octanol–water partition coefficient (Wildman–Crippen LogP) is 5.52. The molecule has 2 rings (SSSR count). The Morgan fingerprint density at radius 2 is 1.76 bits per heavy atom. The SMILES string of the molecule is CC(C)(C)NCc1ccc(Sc2ccc(F)cc2)c(Cl)c1. The van der Waals surface area contributed by atoms with Crippen LogP contribution in [0, 0.1) is 5.82 Å². The minimum atomic E-state index is -0.228. The van der Waals surface area contributed by atoms with Crippen molar-refractivity contribution >= 4 is 23.4 Å². The highest BCUT2D eigenvalue weighted by atomic mass is 35.5. The van der Waals surface area contributed by atoms with Gasteiger partial charge in [0.25, 0.3) is 0 Å². The molecule has 1 nitrogen and oxygen atoms in total. The molecule has 0 amide bonds. The normalized spacial score (nSPS) is 11.7. The van der Waals surface area contributed by atoms with Crippen LogP contribution < -0.4 is 5.32 Å². The Bertz CT molecular complexity index is 605. The van der Waals surface area contributed by atoms with Crippen molar-refractivity contribution in [1.82, 2.24) is 5.32 Å². The molecule has 1 N–H and O–H groups in total. The van der Waals surface area contributed by atoms with Gasteiger partial charge in [-0.05, 0) is 62.7 Å². The van der Waals surface area contributed by atoms with E-state index in [4.69, 9.17) is 11.6 Å².